The fourth-order valence-electron chi connectivity index (χ4n) is 5.29. The lowest BCUT2D eigenvalue weighted by atomic mass is 9.80. The summed E-state index contributed by atoms with van der Waals surface area (Å²) in [6.07, 6.45) is 10.00. The SMILES string of the molecule is CCn1nc(C)c2c(NC3CCS(O)(O)CC3)c(C3=NOC4(CCCCC4)C3)cnc21. The van der Waals surface area contributed by atoms with Gasteiger partial charge in [-0.1, -0.05) is 11.6 Å². The van der Waals surface area contributed by atoms with E-state index in [2.05, 4.69) is 17.4 Å². The molecule has 2 aromatic heterocycles. The first-order chi connectivity index (χ1) is 14.9. The molecule has 0 bridgehead atoms. The topological polar surface area (TPSA) is 105 Å². The highest BCUT2D eigenvalue weighted by Gasteiger charge is 2.41. The average molecular weight is 448 g/mol. The minimum Gasteiger partial charge on any atom is -0.389 e. The monoisotopic (exact) mass is 447 g/mol. The third kappa shape index (κ3) is 3.91. The maximum atomic E-state index is 10.0. The molecular formula is C22H33N5O3S. The first-order valence-corrected chi connectivity index (χ1v) is 13.4. The number of fused-ring (bicyclic) bond motifs is 1. The van der Waals surface area contributed by atoms with Gasteiger partial charge >= 0.3 is 0 Å². The van der Waals surface area contributed by atoms with Crippen LogP contribution in [0.15, 0.2) is 11.4 Å². The van der Waals surface area contributed by atoms with Crippen LogP contribution >= 0.6 is 10.6 Å². The number of hydrogen-bond acceptors (Lipinski definition) is 7. The Hall–Kier alpha value is -1.84. The Kier molecular flexibility index (Phi) is 5.38. The van der Waals surface area contributed by atoms with Crippen molar-refractivity contribution in [1.29, 1.82) is 0 Å². The molecule has 0 aromatic carbocycles. The van der Waals surface area contributed by atoms with Gasteiger partial charge in [-0.2, -0.15) is 15.7 Å². The van der Waals surface area contributed by atoms with Gasteiger partial charge in [0.25, 0.3) is 0 Å². The van der Waals surface area contributed by atoms with E-state index in [-0.39, 0.29) is 11.6 Å². The molecular weight excluding hydrogens is 414 g/mol. The number of rotatable bonds is 4. The van der Waals surface area contributed by atoms with Gasteiger partial charge in [0.05, 0.1) is 22.5 Å². The van der Waals surface area contributed by atoms with Gasteiger partial charge in [0.2, 0.25) is 0 Å². The van der Waals surface area contributed by atoms with E-state index in [0.29, 0.717) is 11.5 Å². The summed E-state index contributed by atoms with van der Waals surface area (Å²) in [5.41, 5.74) is 4.64. The number of nitrogens with zero attached hydrogens (tertiary/aromatic N) is 4. The quantitative estimate of drug-likeness (QED) is 0.615. The number of hydrogen-bond donors (Lipinski definition) is 3. The Morgan fingerprint density at radius 2 is 1.97 bits per heavy atom. The fourth-order valence-corrected chi connectivity index (χ4v) is 6.82. The lowest BCUT2D eigenvalue weighted by Gasteiger charge is -2.39. The smallest absolute Gasteiger partial charge is 0.160 e. The molecule has 31 heavy (non-hydrogen) atoms. The van der Waals surface area contributed by atoms with Crippen molar-refractivity contribution >= 4 is 33.0 Å². The normalized spacial score (nSPS) is 24.2. The van der Waals surface area contributed by atoms with Crippen molar-refractivity contribution in [2.45, 2.75) is 83.4 Å². The summed E-state index contributed by atoms with van der Waals surface area (Å²) in [5, 5.41) is 14.0. The van der Waals surface area contributed by atoms with Gasteiger partial charge < -0.3 is 10.2 Å². The summed E-state index contributed by atoms with van der Waals surface area (Å²) in [4.78, 5) is 10.8. The summed E-state index contributed by atoms with van der Waals surface area (Å²) in [5.74, 6) is 0.906. The number of pyridine rings is 1. The predicted octanol–water partition coefficient (Wildman–Crippen LogP) is 4.91. The second kappa shape index (κ2) is 7.94. The second-order valence-corrected chi connectivity index (χ2v) is 11.7. The van der Waals surface area contributed by atoms with Crippen molar-refractivity contribution in [3.8, 4) is 0 Å². The van der Waals surface area contributed by atoms with E-state index in [1.807, 2.05) is 17.8 Å². The van der Waals surface area contributed by atoms with Gasteiger partial charge in [-0.3, -0.25) is 9.11 Å². The summed E-state index contributed by atoms with van der Waals surface area (Å²) in [6.45, 7) is 4.86. The largest absolute Gasteiger partial charge is 0.389 e. The Morgan fingerprint density at radius 1 is 1.23 bits per heavy atom. The van der Waals surface area contributed by atoms with E-state index >= 15 is 0 Å². The summed E-state index contributed by atoms with van der Waals surface area (Å²) >= 11 is 0. The van der Waals surface area contributed by atoms with Gasteiger partial charge in [0, 0.05) is 42.3 Å². The number of anilines is 1. The lowest BCUT2D eigenvalue weighted by molar-refractivity contribution is -0.0449. The molecule has 3 N–H and O–H groups in total. The van der Waals surface area contributed by atoms with Crippen LogP contribution in [0, 0.1) is 6.92 Å². The molecule has 170 valence electrons. The van der Waals surface area contributed by atoms with E-state index in [4.69, 9.17) is 14.9 Å². The van der Waals surface area contributed by atoms with Gasteiger partial charge in [0.15, 0.2) is 5.65 Å². The first-order valence-electron chi connectivity index (χ1n) is 11.5. The van der Waals surface area contributed by atoms with E-state index < -0.39 is 10.6 Å². The third-order valence-corrected chi connectivity index (χ3v) is 8.86. The second-order valence-electron chi connectivity index (χ2n) is 9.33. The highest BCUT2D eigenvalue weighted by molar-refractivity contribution is 8.24. The number of oxime groups is 1. The van der Waals surface area contributed by atoms with Crippen molar-refractivity contribution in [2.75, 3.05) is 16.8 Å². The molecule has 2 aliphatic heterocycles. The van der Waals surface area contributed by atoms with Crippen molar-refractivity contribution in [1.82, 2.24) is 14.8 Å². The lowest BCUT2D eigenvalue weighted by Crippen LogP contribution is -2.32. The molecule has 3 aliphatic rings. The van der Waals surface area contributed by atoms with Crippen LogP contribution in [0.25, 0.3) is 11.0 Å². The average Bonchev–Trinajstić information content (AvgIpc) is 3.31. The van der Waals surface area contributed by atoms with Crippen molar-refractivity contribution < 1.29 is 13.9 Å². The summed E-state index contributed by atoms with van der Waals surface area (Å²) in [7, 11) is -2.42. The number of aryl methyl sites for hydroxylation is 2. The van der Waals surface area contributed by atoms with Crippen LogP contribution in [0.2, 0.25) is 0 Å². The summed E-state index contributed by atoms with van der Waals surface area (Å²) in [6, 6.07) is 0.181. The van der Waals surface area contributed by atoms with Crippen LogP contribution < -0.4 is 5.32 Å². The molecule has 1 aliphatic carbocycles. The zero-order valence-electron chi connectivity index (χ0n) is 18.4. The van der Waals surface area contributed by atoms with Crippen LogP contribution in [0.4, 0.5) is 5.69 Å². The Balaban J connectivity index is 1.52. The molecule has 1 saturated heterocycles. The Morgan fingerprint density at radius 3 is 2.68 bits per heavy atom. The molecule has 9 heteroatoms. The van der Waals surface area contributed by atoms with Crippen LogP contribution in [0.3, 0.4) is 0 Å². The molecule has 0 radical (unpaired) electrons. The minimum absolute atomic E-state index is 0.149. The van der Waals surface area contributed by atoms with Crippen molar-refractivity contribution in [2.24, 2.45) is 5.16 Å². The maximum absolute atomic E-state index is 10.0. The zero-order chi connectivity index (χ0) is 21.6. The Bertz CT molecular complexity index is 1000. The highest BCUT2D eigenvalue weighted by atomic mass is 32.3. The van der Waals surface area contributed by atoms with Crippen LogP contribution in [-0.2, 0) is 11.4 Å². The standard InChI is InChI=1S/C22H33N5O3S/c1-3-27-21-19(15(2)25-27)20(24-16-7-11-31(28,29)12-8-16)17(14-23-21)18-13-22(30-26-18)9-5-4-6-10-22/h14,16,28-29H,3-13H2,1-2H3,(H,23,24). The molecule has 2 fully saturated rings. The molecule has 1 saturated carbocycles. The summed E-state index contributed by atoms with van der Waals surface area (Å²) < 4.78 is 22.0. The molecule has 1 spiro atoms. The van der Waals surface area contributed by atoms with Crippen LogP contribution in [-0.4, -0.2) is 52.7 Å². The van der Waals surface area contributed by atoms with Crippen molar-refractivity contribution in [3.63, 3.8) is 0 Å². The van der Waals surface area contributed by atoms with Crippen molar-refractivity contribution in [3.05, 3.63) is 17.5 Å². The predicted molar refractivity (Wildman–Crippen MR) is 125 cm³/mol. The fraction of sp³-hybridized carbons (Fsp3) is 0.682. The highest BCUT2D eigenvalue weighted by Crippen LogP contribution is 2.45. The molecule has 0 unspecified atom stereocenters. The molecule has 2 aromatic rings. The number of nitrogens with one attached hydrogen (secondary N) is 1. The van der Waals surface area contributed by atoms with Gasteiger partial charge in [0.1, 0.15) is 5.60 Å². The van der Waals surface area contributed by atoms with E-state index in [1.165, 1.54) is 19.3 Å². The minimum atomic E-state index is -2.42. The number of aromatic nitrogens is 3. The molecule has 4 heterocycles. The van der Waals surface area contributed by atoms with Gasteiger partial charge in [-0.05, 0) is 52.4 Å². The van der Waals surface area contributed by atoms with Crippen LogP contribution in [0.1, 0.15) is 69.5 Å². The molecule has 0 atom stereocenters. The van der Waals surface area contributed by atoms with E-state index in [0.717, 1.165) is 72.3 Å². The van der Waals surface area contributed by atoms with Crippen LogP contribution in [0.5, 0.6) is 0 Å². The molecule has 5 rings (SSSR count). The van der Waals surface area contributed by atoms with Gasteiger partial charge in [-0.25, -0.2) is 9.67 Å². The van der Waals surface area contributed by atoms with E-state index in [9.17, 15) is 9.11 Å². The zero-order valence-corrected chi connectivity index (χ0v) is 19.2. The third-order valence-electron chi connectivity index (χ3n) is 7.09. The maximum Gasteiger partial charge on any atom is 0.160 e. The van der Waals surface area contributed by atoms with Gasteiger partial charge in [-0.15, -0.1) is 0 Å². The molecule has 8 nitrogen and oxygen atoms in total. The Labute approximate surface area is 184 Å². The van der Waals surface area contributed by atoms with E-state index in [1.54, 1.807) is 0 Å². The molecule has 0 amide bonds. The first kappa shape index (κ1) is 21.0.